The third-order valence-electron chi connectivity index (χ3n) is 4.33. The molecule has 2 unspecified atom stereocenters. The highest BCUT2D eigenvalue weighted by Gasteiger charge is 2.48. The van der Waals surface area contributed by atoms with E-state index in [4.69, 9.17) is 0 Å². The summed E-state index contributed by atoms with van der Waals surface area (Å²) in [5.41, 5.74) is 2.05. The van der Waals surface area contributed by atoms with E-state index in [-0.39, 0.29) is 12.8 Å². The zero-order chi connectivity index (χ0) is 17.2. The van der Waals surface area contributed by atoms with Crippen LogP contribution in [0, 0.1) is 11.8 Å². The molecule has 0 radical (unpaired) electrons. The predicted molar refractivity (Wildman–Crippen MR) is 85.5 cm³/mol. The quantitative estimate of drug-likeness (QED) is 0.881. The van der Waals surface area contributed by atoms with E-state index < -0.39 is 23.9 Å². The maximum atomic E-state index is 13.1. The zero-order valence-electron chi connectivity index (χ0n) is 12.7. The summed E-state index contributed by atoms with van der Waals surface area (Å²) in [7, 11) is 0. The third kappa shape index (κ3) is 3.75. The first-order chi connectivity index (χ1) is 11.4. The van der Waals surface area contributed by atoms with Crippen molar-refractivity contribution in [2.24, 2.45) is 11.8 Å². The Bertz CT molecular complexity index is 686. The number of nitrogens with zero attached hydrogens (tertiary/aromatic N) is 2. The molecule has 2 atom stereocenters. The second-order valence-corrected chi connectivity index (χ2v) is 6.51. The van der Waals surface area contributed by atoms with E-state index in [0.717, 1.165) is 11.3 Å². The van der Waals surface area contributed by atoms with Gasteiger partial charge >= 0.3 is 6.18 Å². The molecular formula is C16H16F3N3OS. The first kappa shape index (κ1) is 16.9. The highest BCUT2D eigenvalue weighted by Crippen LogP contribution is 2.41. The summed E-state index contributed by atoms with van der Waals surface area (Å²) in [5, 5.41) is 8.35. The average molecular weight is 355 g/mol. The molecule has 3 rings (SSSR count). The van der Waals surface area contributed by atoms with Gasteiger partial charge in [0.15, 0.2) is 0 Å². The van der Waals surface area contributed by atoms with Gasteiger partial charge < -0.3 is 5.32 Å². The van der Waals surface area contributed by atoms with Crippen LogP contribution in [0.15, 0.2) is 29.6 Å². The molecule has 1 heterocycles. The van der Waals surface area contributed by atoms with Crippen molar-refractivity contribution in [3.05, 3.63) is 29.6 Å². The van der Waals surface area contributed by atoms with Gasteiger partial charge in [0, 0.05) is 22.5 Å². The summed E-state index contributed by atoms with van der Waals surface area (Å²) >= 11 is 1.23. The van der Waals surface area contributed by atoms with Crippen LogP contribution in [-0.4, -0.2) is 21.7 Å². The Morgan fingerprint density at radius 2 is 1.88 bits per heavy atom. The summed E-state index contributed by atoms with van der Waals surface area (Å²) in [5.74, 6) is -3.12. The van der Waals surface area contributed by atoms with Crippen LogP contribution in [0.3, 0.4) is 0 Å². The Morgan fingerprint density at radius 3 is 2.50 bits per heavy atom. The third-order valence-corrected chi connectivity index (χ3v) is 4.84. The number of carbonyl (C=O) groups is 1. The average Bonchev–Trinajstić information content (AvgIpc) is 3.09. The van der Waals surface area contributed by atoms with E-state index >= 15 is 0 Å². The molecule has 1 saturated carbocycles. The van der Waals surface area contributed by atoms with E-state index in [1.165, 1.54) is 11.5 Å². The van der Waals surface area contributed by atoms with Crippen LogP contribution in [-0.2, 0) is 4.79 Å². The number of hydrogen-bond acceptors (Lipinski definition) is 4. The van der Waals surface area contributed by atoms with Gasteiger partial charge in [-0.1, -0.05) is 29.5 Å². The largest absolute Gasteiger partial charge is 0.392 e. The summed E-state index contributed by atoms with van der Waals surface area (Å²) < 4.78 is 43.1. The molecule has 1 aliphatic rings. The summed E-state index contributed by atoms with van der Waals surface area (Å²) in [4.78, 5) is 12.3. The number of carbonyl (C=O) groups excluding carboxylic acids is 1. The predicted octanol–water partition coefficient (Wildman–Crippen LogP) is 4.51. The van der Waals surface area contributed by atoms with E-state index in [0.29, 0.717) is 18.5 Å². The van der Waals surface area contributed by atoms with Gasteiger partial charge in [0.25, 0.3) is 0 Å². The number of hydrogen-bond donors (Lipinski definition) is 1. The van der Waals surface area contributed by atoms with Crippen molar-refractivity contribution in [2.45, 2.75) is 31.9 Å². The Balaban J connectivity index is 1.69. The van der Waals surface area contributed by atoms with E-state index in [1.807, 2.05) is 0 Å². The van der Waals surface area contributed by atoms with Crippen molar-refractivity contribution in [1.29, 1.82) is 0 Å². The fourth-order valence-electron chi connectivity index (χ4n) is 3.09. The molecule has 1 amide bonds. The topological polar surface area (TPSA) is 54.9 Å². The Hall–Kier alpha value is -1.96. The van der Waals surface area contributed by atoms with Crippen LogP contribution in [0.5, 0.6) is 0 Å². The van der Waals surface area contributed by atoms with Gasteiger partial charge in [-0.15, -0.1) is 5.10 Å². The lowest BCUT2D eigenvalue weighted by Gasteiger charge is -2.32. The highest BCUT2D eigenvalue weighted by molar-refractivity contribution is 7.03. The molecule has 8 heteroatoms. The van der Waals surface area contributed by atoms with Crippen LogP contribution in [0.25, 0.3) is 11.3 Å². The molecule has 128 valence electrons. The van der Waals surface area contributed by atoms with E-state index in [9.17, 15) is 18.0 Å². The van der Waals surface area contributed by atoms with Crippen LogP contribution in [0.4, 0.5) is 18.9 Å². The van der Waals surface area contributed by atoms with Gasteiger partial charge in [0.2, 0.25) is 5.91 Å². The Kier molecular flexibility index (Phi) is 4.84. The SMILES string of the molecule is O=C(Nc1ccc(-c2csnn2)cc1)C1CCCCC1C(F)(F)F. The molecule has 1 N–H and O–H groups in total. The lowest BCUT2D eigenvalue weighted by Crippen LogP contribution is -2.39. The molecule has 2 aromatic rings. The van der Waals surface area contributed by atoms with Crippen LogP contribution < -0.4 is 5.32 Å². The summed E-state index contributed by atoms with van der Waals surface area (Å²) in [6.45, 7) is 0. The molecule has 1 aromatic carbocycles. The van der Waals surface area contributed by atoms with Gasteiger partial charge in [-0.3, -0.25) is 4.79 Å². The summed E-state index contributed by atoms with van der Waals surface area (Å²) in [6, 6.07) is 6.85. The molecular weight excluding hydrogens is 339 g/mol. The van der Waals surface area contributed by atoms with Crippen molar-refractivity contribution in [3.8, 4) is 11.3 Å². The highest BCUT2D eigenvalue weighted by atomic mass is 32.1. The maximum absolute atomic E-state index is 13.1. The minimum atomic E-state index is -4.33. The number of anilines is 1. The van der Waals surface area contributed by atoms with E-state index in [2.05, 4.69) is 14.9 Å². The van der Waals surface area contributed by atoms with Gasteiger partial charge in [-0.05, 0) is 36.5 Å². The number of alkyl halides is 3. The minimum absolute atomic E-state index is 0.0251. The fourth-order valence-corrected chi connectivity index (χ4v) is 3.55. The normalized spacial score (nSPS) is 21.5. The monoisotopic (exact) mass is 355 g/mol. The second kappa shape index (κ2) is 6.88. The fraction of sp³-hybridized carbons (Fsp3) is 0.438. The molecule has 1 aliphatic carbocycles. The zero-order valence-corrected chi connectivity index (χ0v) is 13.5. The Morgan fingerprint density at radius 1 is 1.17 bits per heavy atom. The van der Waals surface area contributed by atoms with Gasteiger partial charge in [0.1, 0.15) is 5.69 Å². The van der Waals surface area contributed by atoms with Crippen LogP contribution in [0.1, 0.15) is 25.7 Å². The molecule has 1 aromatic heterocycles. The molecule has 4 nitrogen and oxygen atoms in total. The van der Waals surface area contributed by atoms with Crippen molar-refractivity contribution < 1.29 is 18.0 Å². The molecule has 24 heavy (non-hydrogen) atoms. The number of amides is 1. The van der Waals surface area contributed by atoms with Crippen molar-refractivity contribution in [3.63, 3.8) is 0 Å². The lowest BCUT2D eigenvalue weighted by atomic mass is 9.78. The smallest absolute Gasteiger partial charge is 0.326 e. The number of nitrogens with one attached hydrogen (secondary N) is 1. The molecule has 0 bridgehead atoms. The number of aromatic nitrogens is 2. The van der Waals surface area contributed by atoms with Gasteiger partial charge in [0.05, 0.1) is 5.92 Å². The number of halogens is 3. The number of rotatable bonds is 3. The molecule has 1 fully saturated rings. The Labute approximate surface area is 141 Å². The van der Waals surface area contributed by atoms with Gasteiger partial charge in [-0.25, -0.2) is 0 Å². The second-order valence-electron chi connectivity index (χ2n) is 5.90. The van der Waals surface area contributed by atoms with Crippen molar-refractivity contribution >= 4 is 23.1 Å². The first-order valence-corrected chi connectivity index (χ1v) is 8.54. The van der Waals surface area contributed by atoms with Crippen LogP contribution in [0.2, 0.25) is 0 Å². The molecule has 0 aliphatic heterocycles. The lowest BCUT2D eigenvalue weighted by molar-refractivity contribution is -0.197. The van der Waals surface area contributed by atoms with Gasteiger partial charge in [-0.2, -0.15) is 13.2 Å². The minimum Gasteiger partial charge on any atom is -0.326 e. The van der Waals surface area contributed by atoms with E-state index in [1.54, 1.807) is 29.6 Å². The van der Waals surface area contributed by atoms with Crippen molar-refractivity contribution in [2.75, 3.05) is 5.32 Å². The maximum Gasteiger partial charge on any atom is 0.392 e. The van der Waals surface area contributed by atoms with Crippen LogP contribution >= 0.6 is 11.5 Å². The standard InChI is InChI=1S/C16H16F3N3OS/c17-16(18,19)13-4-2-1-3-12(13)15(23)20-11-7-5-10(6-8-11)14-9-24-22-21-14/h5-9,12-13H,1-4H2,(H,20,23). The van der Waals surface area contributed by atoms with Crippen molar-refractivity contribution in [1.82, 2.24) is 9.59 Å². The summed E-state index contributed by atoms with van der Waals surface area (Å²) in [6.07, 6.45) is -2.86. The molecule has 0 saturated heterocycles. The number of benzene rings is 1. The first-order valence-electron chi connectivity index (χ1n) is 7.70. The molecule has 0 spiro atoms.